The van der Waals surface area contributed by atoms with Crippen molar-refractivity contribution in [1.82, 2.24) is 10.2 Å². The first-order valence-corrected chi connectivity index (χ1v) is 6.39. The Labute approximate surface area is 122 Å². The highest BCUT2D eigenvalue weighted by atomic mass is 16.5. The normalized spacial score (nSPS) is 9.81. The Bertz CT molecular complexity index is 530. The maximum atomic E-state index is 11.9. The molecule has 21 heavy (non-hydrogen) atoms. The fraction of sp³-hybridized carbons (Fsp3) is 0.357. The highest BCUT2D eigenvalue weighted by Crippen LogP contribution is 2.12. The van der Waals surface area contributed by atoms with Crippen LogP contribution in [0.4, 0.5) is 0 Å². The summed E-state index contributed by atoms with van der Waals surface area (Å²) in [6.45, 7) is 1.30. The SMILES string of the molecule is CCN(CC(=O)O)C(=O)CNC(=O)c1cccc(OC)c1. The minimum absolute atomic E-state index is 0.253. The molecule has 0 fully saturated rings. The van der Waals surface area contributed by atoms with E-state index in [4.69, 9.17) is 9.84 Å². The van der Waals surface area contributed by atoms with Crippen LogP contribution in [0.15, 0.2) is 24.3 Å². The fourth-order valence-electron chi connectivity index (χ4n) is 1.67. The molecule has 0 aliphatic rings. The summed E-state index contributed by atoms with van der Waals surface area (Å²) < 4.78 is 5.01. The number of amides is 2. The predicted octanol–water partition coefficient (Wildman–Crippen LogP) is 0.358. The third-order valence-corrected chi connectivity index (χ3v) is 2.79. The molecule has 0 atom stereocenters. The van der Waals surface area contributed by atoms with Gasteiger partial charge in [0.2, 0.25) is 5.91 Å². The molecule has 0 unspecified atom stereocenters. The monoisotopic (exact) mass is 294 g/mol. The lowest BCUT2D eigenvalue weighted by Crippen LogP contribution is -2.42. The van der Waals surface area contributed by atoms with E-state index in [0.29, 0.717) is 11.3 Å². The van der Waals surface area contributed by atoms with E-state index in [-0.39, 0.29) is 19.6 Å². The van der Waals surface area contributed by atoms with E-state index in [9.17, 15) is 14.4 Å². The summed E-state index contributed by atoms with van der Waals surface area (Å²) in [6.07, 6.45) is 0. The molecular formula is C14H18N2O5. The van der Waals surface area contributed by atoms with Crippen LogP contribution in [0.2, 0.25) is 0 Å². The van der Waals surface area contributed by atoms with Crippen LogP contribution in [-0.4, -0.2) is 54.5 Å². The average Bonchev–Trinajstić information content (AvgIpc) is 2.49. The quantitative estimate of drug-likeness (QED) is 0.757. The number of nitrogens with one attached hydrogen (secondary N) is 1. The molecule has 0 bridgehead atoms. The Balaban J connectivity index is 2.59. The maximum absolute atomic E-state index is 11.9. The van der Waals surface area contributed by atoms with E-state index < -0.39 is 17.8 Å². The van der Waals surface area contributed by atoms with Gasteiger partial charge in [-0.05, 0) is 25.1 Å². The number of carbonyl (C=O) groups is 3. The number of hydrogen-bond donors (Lipinski definition) is 2. The fourth-order valence-corrected chi connectivity index (χ4v) is 1.67. The van der Waals surface area contributed by atoms with Gasteiger partial charge in [-0.3, -0.25) is 14.4 Å². The number of rotatable bonds is 7. The summed E-state index contributed by atoms with van der Waals surface area (Å²) in [4.78, 5) is 35.4. The molecule has 0 spiro atoms. The van der Waals surface area contributed by atoms with Crippen LogP contribution in [0.25, 0.3) is 0 Å². The Morgan fingerprint density at radius 1 is 1.33 bits per heavy atom. The zero-order chi connectivity index (χ0) is 15.8. The molecule has 7 heteroatoms. The van der Waals surface area contributed by atoms with Crippen LogP contribution in [0.5, 0.6) is 5.75 Å². The molecule has 0 heterocycles. The molecule has 2 amide bonds. The van der Waals surface area contributed by atoms with E-state index in [1.807, 2.05) is 0 Å². The lowest BCUT2D eigenvalue weighted by Gasteiger charge is -2.18. The van der Waals surface area contributed by atoms with Crippen LogP contribution in [0.1, 0.15) is 17.3 Å². The van der Waals surface area contributed by atoms with Crippen molar-refractivity contribution in [1.29, 1.82) is 0 Å². The molecule has 0 aromatic heterocycles. The van der Waals surface area contributed by atoms with E-state index in [2.05, 4.69) is 5.32 Å². The van der Waals surface area contributed by atoms with Crippen LogP contribution in [0, 0.1) is 0 Å². The summed E-state index contributed by atoms with van der Waals surface area (Å²) >= 11 is 0. The zero-order valence-corrected chi connectivity index (χ0v) is 12.0. The lowest BCUT2D eigenvalue weighted by molar-refractivity contribution is -0.143. The van der Waals surface area contributed by atoms with Crippen molar-refractivity contribution in [3.05, 3.63) is 29.8 Å². The van der Waals surface area contributed by atoms with Crippen molar-refractivity contribution >= 4 is 17.8 Å². The predicted molar refractivity (Wildman–Crippen MR) is 75.2 cm³/mol. The van der Waals surface area contributed by atoms with Gasteiger partial charge in [0.05, 0.1) is 13.7 Å². The highest BCUT2D eigenvalue weighted by molar-refractivity contribution is 5.97. The molecule has 0 saturated carbocycles. The zero-order valence-electron chi connectivity index (χ0n) is 12.0. The number of hydrogen-bond acceptors (Lipinski definition) is 4. The second kappa shape index (κ2) is 7.88. The van der Waals surface area contributed by atoms with Crippen molar-refractivity contribution < 1.29 is 24.2 Å². The number of carboxylic acid groups (broad SMARTS) is 1. The second-order valence-corrected chi connectivity index (χ2v) is 4.22. The number of aliphatic carboxylic acids is 1. The number of likely N-dealkylation sites (N-methyl/N-ethyl adjacent to an activating group) is 1. The van der Waals surface area contributed by atoms with Crippen molar-refractivity contribution in [2.75, 3.05) is 26.7 Å². The summed E-state index contributed by atoms with van der Waals surface area (Å²) in [7, 11) is 1.49. The van der Waals surface area contributed by atoms with E-state index in [1.165, 1.54) is 7.11 Å². The van der Waals surface area contributed by atoms with Gasteiger partial charge in [-0.1, -0.05) is 6.07 Å². The minimum atomic E-state index is -1.09. The first-order chi connectivity index (χ1) is 9.97. The van der Waals surface area contributed by atoms with Crippen LogP contribution < -0.4 is 10.1 Å². The molecule has 2 N–H and O–H groups in total. The Hall–Kier alpha value is -2.57. The standard InChI is InChI=1S/C14H18N2O5/c1-3-16(9-13(18)19)12(17)8-15-14(20)10-5-4-6-11(7-10)21-2/h4-7H,3,8-9H2,1-2H3,(H,15,20)(H,18,19). The molecule has 1 aromatic rings. The Kier molecular flexibility index (Phi) is 6.19. The van der Waals surface area contributed by atoms with Crippen LogP contribution in [-0.2, 0) is 9.59 Å². The van der Waals surface area contributed by atoms with Gasteiger partial charge in [-0.2, -0.15) is 0 Å². The van der Waals surface area contributed by atoms with Gasteiger partial charge in [0.15, 0.2) is 0 Å². The van der Waals surface area contributed by atoms with Crippen molar-refractivity contribution in [3.8, 4) is 5.75 Å². The number of carboxylic acids is 1. The highest BCUT2D eigenvalue weighted by Gasteiger charge is 2.16. The van der Waals surface area contributed by atoms with Crippen molar-refractivity contribution in [2.24, 2.45) is 0 Å². The van der Waals surface area contributed by atoms with Gasteiger partial charge in [0, 0.05) is 12.1 Å². The first kappa shape index (κ1) is 16.5. The summed E-state index contributed by atoms with van der Waals surface area (Å²) in [5.74, 6) is -1.43. The molecule has 1 rings (SSSR count). The van der Waals surface area contributed by atoms with Gasteiger partial charge in [-0.25, -0.2) is 0 Å². The van der Waals surface area contributed by atoms with Gasteiger partial charge >= 0.3 is 5.97 Å². The third-order valence-electron chi connectivity index (χ3n) is 2.79. The largest absolute Gasteiger partial charge is 0.497 e. The Morgan fingerprint density at radius 3 is 2.62 bits per heavy atom. The van der Waals surface area contributed by atoms with E-state index in [1.54, 1.807) is 31.2 Å². The topological polar surface area (TPSA) is 95.9 Å². The minimum Gasteiger partial charge on any atom is -0.497 e. The first-order valence-electron chi connectivity index (χ1n) is 6.39. The summed E-state index contributed by atoms with van der Waals surface area (Å²) in [5, 5.41) is 11.1. The van der Waals surface area contributed by atoms with Crippen LogP contribution in [0.3, 0.4) is 0 Å². The summed E-state index contributed by atoms with van der Waals surface area (Å²) in [6, 6.07) is 6.51. The molecule has 114 valence electrons. The van der Waals surface area contributed by atoms with E-state index >= 15 is 0 Å². The molecular weight excluding hydrogens is 276 g/mol. The summed E-state index contributed by atoms with van der Waals surface area (Å²) in [5.41, 5.74) is 0.364. The van der Waals surface area contributed by atoms with Gasteiger partial charge in [-0.15, -0.1) is 0 Å². The number of benzene rings is 1. The number of carbonyl (C=O) groups excluding carboxylic acids is 2. The number of methoxy groups -OCH3 is 1. The van der Waals surface area contributed by atoms with Gasteiger partial charge in [0.1, 0.15) is 12.3 Å². The maximum Gasteiger partial charge on any atom is 0.323 e. The number of ether oxygens (including phenoxy) is 1. The molecule has 1 aromatic carbocycles. The number of nitrogens with zero attached hydrogens (tertiary/aromatic N) is 1. The molecule has 0 radical (unpaired) electrons. The second-order valence-electron chi connectivity index (χ2n) is 4.22. The third kappa shape index (κ3) is 5.13. The van der Waals surface area contributed by atoms with Crippen molar-refractivity contribution in [3.63, 3.8) is 0 Å². The molecule has 0 aliphatic heterocycles. The molecule has 0 aliphatic carbocycles. The lowest BCUT2D eigenvalue weighted by atomic mass is 10.2. The van der Waals surface area contributed by atoms with Crippen LogP contribution >= 0.6 is 0 Å². The van der Waals surface area contributed by atoms with Gasteiger partial charge in [0.25, 0.3) is 5.91 Å². The average molecular weight is 294 g/mol. The van der Waals surface area contributed by atoms with Crippen molar-refractivity contribution in [2.45, 2.75) is 6.92 Å². The van der Waals surface area contributed by atoms with Gasteiger partial charge < -0.3 is 20.1 Å². The molecule has 0 saturated heterocycles. The Morgan fingerprint density at radius 2 is 2.05 bits per heavy atom. The smallest absolute Gasteiger partial charge is 0.323 e. The van der Waals surface area contributed by atoms with E-state index in [0.717, 1.165) is 4.90 Å². The molecule has 7 nitrogen and oxygen atoms in total.